The number of alkyl halides is 1. The molecule has 1 heterocycles. The van der Waals surface area contributed by atoms with Crippen LogP contribution in [0, 0.1) is 17.6 Å². The number of carboxylic acid groups (broad SMARTS) is 1. The molecule has 0 bridgehead atoms. The van der Waals surface area contributed by atoms with Gasteiger partial charge in [-0.25, -0.2) is 13.6 Å². The molecule has 1 aromatic rings. The van der Waals surface area contributed by atoms with Gasteiger partial charge in [-0.05, 0) is 12.0 Å². The third kappa shape index (κ3) is 2.67. The van der Waals surface area contributed by atoms with Crippen molar-refractivity contribution >= 4 is 27.8 Å². The Kier molecular flexibility index (Phi) is 4.37. The van der Waals surface area contributed by atoms with E-state index in [1.54, 1.807) is 0 Å². The molecule has 0 spiro atoms. The van der Waals surface area contributed by atoms with Crippen LogP contribution < -0.4 is 0 Å². The summed E-state index contributed by atoms with van der Waals surface area (Å²) in [5, 5.41) is 9.83. The van der Waals surface area contributed by atoms with Crippen molar-refractivity contribution in [2.75, 3.05) is 11.9 Å². The minimum absolute atomic E-state index is 0.0269. The first-order valence-electron chi connectivity index (χ1n) is 5.97. The van der Waals surface area contributed by atoms with E-state index in [1.165, 1.54) is 12.1 Å². The molecule has 1 fully saturated rings. The number of nitrogens with zero attached hydrogens (tertiary/aromatic N) is 1. The maximum atomic E-state index is 13.8. The fourth-order valence-corrected chi connectivity index (χ4v) is 2.76. The van der Waals surface area contributed by atoms with E-state index in [4.69, 9.17) is 0 Å². The molecule has 4 nitrogen and oxygen atoms in total. The Hall–Kier alpha value is -1.50. The standard InChI is InChI=1S/C13H12BrF2NO3/c14-5-7-4-10(18)17(6-7)12(13(19)20)8-2-1-3-9(15)11(8)16/h1-3,7,12H,4-6H2,(H,19,20). The van der Waals surface area contributed by atoms with Crippen LogP contribution in [-0.2, 0) is 9.59 Å². The van der Waals surface area contributed by atoms with Crippen LogP contribution in [0.4, 0.5) is 8.78 Å². The van der Waals surface area contributed by atoms with Crippen molar-refractivity contribution in [2.45, 2.75) is 12.5 Å². The molecule has 1 saturated heterocycles. The number of benzene rings is 1. The topological polar surface area (TPSA) is 57.6 Å². The van der Waals surface area contributed by atoms with Gasteiger partial charge in [0.15, 0.2) is 17.7 Å². The molecule has 1 aliphatic rings. The minimum atomic E-state index is -1.50. The average Bonchev–Trinajstić information content (AvgIpc) is 2.76. The van der Waals surface area contributed by atoms with Crippen molar-refractivity contribution in [3.05, 3.63) is 35.4 Å². The van der Waals surface area contributed by atoms with Crippen molar-refractivity contribution in [3.63, 3.8) is 0 Å². The molecule has 0 aliphatic carbocycles. The van der Waals surface area contributed by atoms with Crippen molar-refractivity contribution < 1.29 is 23.5 Å². The van der Waals surface area contributed by atoms with Crippen molar-refractivity contribution in [1.29, 1.82) is 0 Å². The summed E-state index contributed by atoms with van der Waals surface area (Å²) < 4.78 is 27.0. The van der Waals surface area contributed by atoms with Crippen LogP contribution in [0.2, 0.25) is 0 Å². The minimum Gasteiger partial charge on any atom is -0.479 e. The van der Waals surface area contributed by atoms with Gasteiger partial charge in [-0.2, -0.15) is 0 Å². The number of halogens is 3. The Balaban J connectivity index is 2.40. The summed E-state index contributed by atoms with van der Waals surface area (Å²) in [7, 11) is 0. The lowest BCUT2D eigenvalue weighted by Crippen LogP contribution is -2.36. The molecule has 108 valence electrons. The Morgan fingerprint density at radius 3 is 2.75 bits per heavy atom. The van der Waals surface area contributed by atoms with Crippen LogP contribution in [0.5, 0.6) is 0 Å². The lowest BCUT2D eigenvalue weighted by molar-refractivity contribution is -0.148. The average molecular weight is 348 g/mol. The molecule has 0 saturated carbocycles. The maximum absolute atomic E-state index is 13.8. The highest BCUT2D eigenvalue weighted by atomic mass is 79.9. The first-order valence-corrected chi connectivity index (χ1v) is 7.10. The highest BCUT2D eigenvalue weighted by Gasteiger charge is 2.39. The zero-order chi connectivity index (χ0) is 14.9. The Labute approximate surface area is 122 Å². The molecule has 1 amide bonds. The quantitative estimate of drug-likeness (QED) is 0.850. The van der Waals surface area contributed by atoms with E-state index in [0.717, 1.165) is 11.0 Å². The van der Waals surface area contributed by atoms with E-state index in [9.17, 15) is 23.5 Å². The molecule has 0 aromatic heterocycles. The summed E-state index contributed by atoms with van der Waals surface area (Å²) >= 11 is 3.24. The summed E-state index contributed by atoms with van der Waals surface area (Å²) in [4.78, 5) is 24.4. The third-order valence-corrected chi connectivity index (χ3v) is 4.19. The molecule has 2 rings (SSSR count). The van der Waals surface area contributed by atoms with Gasteiger partial charge in [0.25, 0.3) is 0 Å². The largest absolute Gasteiger partial charge is 0.479 e. The van der Waals surface area contributed by atoms with Gasteiger partial charge in [0.1, 0.15) is 0 Å². The van der Waals surface area contributed by atoms with Crippen LogP contribution in [0.3, 0.4) is 0 Å². The van der Waals surface area contributed by atoms with Crippen molar-refractivity contribution in [1.82, 2.24) is 4.90 Å². The second kappa shape index (κ2) is 5.87. The summed E-state index contributed by atoms with van der Waals surface area (Å²) in [5.41, 5.74) is -0.332. The number of aliphatic carboxylic acids is 1. The van der Waals surface area contributed by atoms with Gasteiger partial charge in [-0.1, -0.05) is 28.1 Å². The molecular formula is C13H12BrF2NO3. The smallest absolute Gasteiger partial charge is 0.331 e. The molecule has 20 heavy (non-hydrogen) atoms. The monoisotopic (exact) mass is 347 g/mol. The SMILES string of the molecule is O=C(O)C(c1cccc(F)c1F)N1CC(CBr)CC1=O. The number of amides is 1. The molecule has 1 aromatic carbocycles. The van der Waals surface area contributed by atoms with Crippen molar-refractivity contribution in [2.24, 2.45) is 5.92 Å². The van der Waals surface area contributed by atoms with E-state index in [0.29, 0.717) is 5.33 Å². The predicted molar refractivity (Wildman–Crippen MR) is 70.3 cm³/mol. The highest BCUT2D eigenvalue weighted by molar-refractivity contribution is 9.09. The molecule has 1 N–H and O–H groups in total. The molecule has 2 atom stereocenters. The van der Waals surface area contributed by atoms with Gasteiger partial charge in [-0.15, -0.1) is 0 Å². The second-order valence-electron chi connectivity index (χ2n) is 4.65. The van der Waals surface area contributed by atoms with Gasteiger partial charge < -0.3 is 10.0 Å². The summed E-state index contributed by atoms with van der Waals surface area (Å²) in [6.07, 6.45) is 0.200. The Morgan fingerprint density at radius 1 is 1.50 bits per heavy atom. The van der Waals surface area contributed by atoms with Crippen LogP contribution in [0.1, 0.15) is 18.0 Å². The zero-order valence-corrected chi connectivity index (χ0v) is 11.9. The second-order valence-corrected chi connectivity index (χ2v) is 5.30. The summed E-state index contributed by atoms with van der Waals surface area (Å²) in [6, 6.07) is 1.82. The number of carbonyl (C=O) groups is 2. The van der Waals surface area contributed by atoms with Gasteiger partial charge in [0, 0.05) is 23.9 Å². The molecule has 2 unspecified atom stereocenters. The number of likely N-dealkylation sites (tertiary alicyclic amines) is 1. The first kappa shape index (κ1) is 14.9. The van der Waals surface area contributed by atoms with E-state index in [-0.39, 0.29) is 30.4 Å². The van der Waals surface area contributed by atoms with Crippen LogP contribution >= 0.6 is 15.9 Å². The first-order chi connectivity index (χ1) is 9.45. The van der Waals surface area contributed by atoms with Gasteiger partial charge in [0.2, 0.25) is 5.91 Å². The lowest BCUT2D eigenvalue weighted by Gasteiger charge is -2.25. The fourth-order valence-electron chi connectivity index (χ4n) is 2.33. The Bertz CT molecular complexity index is 552. The maximum Gasteiger partial charge on any atom is 0.331 e. The van der Waals surface area contributed by atoms with Gasteiger partial charge in [0.05, 0.1) is 0 Å². The van der Waals surface area contributed by atoms with Crippen LogP contribution in [0.15, 0.2) is 18.2 Å². The number of carboxylic acids is 1. The summed E-state index contributed by atoms with van der Waals surface area (Å²) in [5.74, 6) is -4.13. The predicted octanol–water partition coefficient (Wildman–Crippen LogP) is 2.33. The van der Waals surface area contributed by atoms with E-state index in [2.05, 4.69) is 15.9 Å². The fraction of sp³-hybridized carbons (Fsp3) is 0.385. The molecule has 1 aliphatic heterocycles. The normalized spacial score (nSPS) is 20.2. The molecule has 7 heteroatoms. The van der Waals surface area contributed by atoms with E-state index in [1.807, 2.05) is 0 Å². The number of hydrogen-bond acceptors (Lipinski definition) is 2. The highest BCUT2D eigenvalue weighted by Crippen LogP contribution is 2.31. The number of rotatable bonds is 4. The number of carbonyl (C=O) groups excluding carboxylic acids is 1. The summed E-state index contributed by atoms with van der Waals surface area (Å²) in [6.45, 7) is 0.205. The van der Waals surface area contributed by atoms with E-state index < -0.39 is 23.6 Å². The van der Waals surface area contributed by atoms with Gasteiger partial charge in [-0.3, -0.25) is 4.79 Å². The lowest BCUT2D eigenvalue weighted by atomic mass is 10.0. The van der Waals surface area contributed by atoms with Gasteiger partial charge >= 0.3 is 5.97 Å². The molecule has 0 radical (unpaired) electrons. The Morgan fingerprint density at radius 2 is 2.20 bits per heavy atom. The van der Waals surface area contributed by atoms with E-state index >= 15 is 0 Å². The molecular weight excluding hydrogens is 336 g/mol. The number of hydrogen-bond donors (Lipinski definition) is 1. The van der Waals surface area contributed by atoms with Crippen molar-refractivity contribution in [3.8, 4) is 0 Å². The van der Waals surface area contributed by atoms with Crippen LogP contribution in [0.25, 0.3) is 0 Å². The third-order valence-electron chi connectivity index (χ3n) is 3.28. The van der Waals surface area contributed by atoms with Crippen LogP contribution in [-0.4, -0.2) is 33.8 Å². The zero-order valence-electron chi connectivity index (χ0n) is 10.4.